The minimum Gasteiger partial charge on any atom is -0.496 e. The van der Waals surface area contributed by atoms with E-state index in [1.807, 2.05) is 23.5 Å². The number of benzene rings is 2. The van der Waals surface area contributed by atoms with Crippen LogP contribution in [0.2, 0.25) is 0 Å². The molecule has 0 saturated heterocycles. The molecule has 0 aliphatic heterocycles. The second kappa shape index (κ2) is 12.4. The van der Waals surface area contributed by atoms with Gasteiger partial charge in [0.15, 0.2) is 0 Å². The van der Waals surface area contributed by atoms with Crippen LogP contribution >= 0.6 is 23.5 Å². The zero-order valence-corrected chi connectivity index (χ0v) is 28.7. The molecule has 0 amide bonds. The summed E-state index contributed by atoms with van der Waals surface area (Å²) < 4.78 is 5.95. The molecule has 0 radical (unpaired) electrons. The number of methoxy groups -OCH3 is 1. The van der Waals surface area contributed by atoms with Crippen molar-refractivity contribution in [2.45, 2.75) is 139 Å². The highest BCUT2D eigenvalue weighted by molar-refractivity contribution is 8.18. The van der Waals surface area contributed by atoms with Crippen LogP contribution in [0, 0.1) is 0 Å². The van der Waals surface area contributed by atoms with Gasteiger partial charge in [0.25, 0.3) is 0 Å². The van der Waals surface area contributed by atoms with Crippen LogP contribution in [0.5, 0.6) is 5.75 Å². The van der Waals surface area contributed by atoms with Gasteiger partial charge >= 0.3 is 0 Å². The third-order valence-corrected chi connectivity index (χ3v) is 8.67. The van der Waals surface area contributed by atoms with Gasteiger partial charge in [-0.2, -0.15) is 0 Å². The molecule has 0 heterocycles. The first-order valence-corrected chi connectivity index (χ1v) is 15.3. The van der Waals surface area contributed by atoms with Crippen LogP contribution < -0.4 is 4.74 Å². The monoisotopic (exact) mass is 558 g/mol. The molecule has 2 aromatic rings. The molecule has 0 aliphatic rings. The van der Waals surface area contributed by atoms with Gasteiger partial charge in [-0.05, 0) is 77.8 Å². The normalized spacial score (nSPS) is 13.1. The van der Waals surface area contributed by atoms with Crippen molar-refractivity contribution in [1.29, 1.82) is 0 Å². The van der Waals surface area contributed by atoms with E-state index < -0.39 is 0 Å². The van der Waals surface area contributed by atoms with Crippen molar-refractivity contribution < 1.29 is 9.53 Å². The second-order valence-electron chi connectivity index (χ2n) is 14.6. The maximum Gasteiger partial charge on any atom is 0.126 e. The molecule has 2 aromatic carbocycles. The zero-order chi connectivity index (χ0) is 29.9. The topological polar surface area (TPSA) is 26.3 Å². The molecule has 0 atom stereocenters. The molecule has 0 unspecified atom stereocenters. The van der Waals surface area contributed by atoms with E-state index >= 15 is 0 Å². The van der Waals surface area contributed by atoms with E-state index in [1.54, 1.807) is 7.11 Å². The number of carbonyl (C=O) groups is 1. The highest BCUT2D eigenvalue weighted by Gasteiger charge is 2.30. The smallest absolute Gasteiger partial charge is 0.126 e. The van der Waals surface area contributed by atoms with Crippen LogP contribution in [0.3, 0.4) is 0 Å². The van der Waals surface area contributed by atoms with E-state index in [0.717, 1.165) is 12.0 Å². The molecule has 0 saturated carbocycles. The Labute approximate surface area is 243 Å². The minimum atomic E-state index is -0.0371. The summed E-state index contributed by atoms with van der Waals surface area (Å²) >= 11 is 3.92. The van der Waals surface area contributed by atoms with Crippen LogP contribution in [-0.4, -0.2) is 17.5 Å². The Hall–Kier alpha value is -1.39. The molecule has 2 nitrogen and oxygen atoms in total. The lowest BCUT2D eigenvalue weighted by Crippen LogP contribution is -2.20. The number of aldehydes is 1. The summed E-state index contributed by atoms with van der Waals surface area (Å²) in [5.41, 5.74) is 5.61. The van der Waals surface area contributed by atoms with Crippen molar-refractivity contribution in [3.8, 4) is 5.75 Å². The standard InChI is InChI=1S/C32H50OS2.C2H4O/c1-28(2,3)21-16-22(29(4,5)6)18-23(17-21)34-32(13,14)35-24-19-25(30(7,8)9)27(33-15)26(20-24)31(10,11)12;1-2-3/h16-20H,1-15H3;2H,1H3. The Morgan fingerprint density at radius 2 is 0.895 bits per heavy atom. The van der Waals surface area contributed by atoms with Crippen molar-refractivity contribution in [3.05, 3.63) is 52.6 Å². The Morgan fingerprint density at radius 1 is 0.579 bits per heavy atom. The fourth-order valence-electron chi connectivity index (χ4n) is 4.11. The van der Waals surface area contributed by atoms with Gasteiger partial charge in [-0.15, -0.1) is 23.5 Å². The lowest BCUT2D eigenvalue weighted by atomic mass is 9.79. The predicted molar refractivity (Wildman–Crippen MR) is 172 cm³/mol. The zero-order valence-electron chi connectivity index (χ0n) is 27.1. The van der Waals surface area contributed by atoms with Crippen LogP contribution in [0.25, 0.3) is 0 Å². The molecule has 214 valence electrons. The maximum atomic E-state index is 8.81. The molecule has 0 N–H and O–H groups in total. The summed E-state index contributed by atoms with van der Waals surface area (Å²) in [5, 5.41) is 0. The predicted octanol–water partition coefficient (Wildman–Crippen LogP) is 10.7. The van der Waals surface area contributed by atoms with E-state index in [4.69, 9.17) is 9.53 Å². The van der Waals surface area contributed by atoms with Gasteiger partial charge in [-0.1, -0.05) is 89.2 Å². The summed E-state index contributed by atoms with van der Waals surface area (Å²) in [7, 11) is 1.81. The van der Waals surface area contributed by atoms with Crippen LogP contribution in [0.1, 0.15) is 126 Å². The summed E-state index contributed by atoms with van der Waals surface area (Å²) in [5.74, 6) is 1.03. The Kier molecular flexibility index (Phi) is 11.3. The van der Waals surface area contributed by atoms with Crippen molar-refractivity contribution in [1.82, 2.24) is 0 Å². The quantitative estimate of drug-likeness (QED) is 0.207. The minimum absolute atomic E-state index is 0.00183. The Balaban J connectivity index is 0.00000229. The molecule has 4 heteroatoms. The fourth-order valence-corrected chi connectivity index (χ4v) is 6.71. The van der Waals surface area contributed by atoms with Crippen LogP contribution in [0.4, 0.5) is 0 Å². The highest BCUT2D eigenvalue weighted by Crippen LogP contribution is 2.49. The summed E-state index contributed by atoms with van der Waals surface area (Å²) in [4.78, 5) is 11.5. The maximum absolute atomic E-state index is 8.81. The van der Waals surface area contributed by atoms with Crippen molar-refractivity contribution in [2.75, 3.05) is 7.11 Å². The first-order valence-electron chi connectivity index (χ1n) is 13.6. The highest BCUT2D eigenvalue weighted by atomic mass is 32.2. The molecule has 0 aromatic heterocycles. The van der Waals surface area contributed by atoms with E-state index in [-0.39, 0.29) is 25.7 Å². The molecule has 0 bridgehead atoms. The molecular weight excluding hydrogens is 505 g/mol. The molecule has 0 aliphatic carbocycles. The van der Waals surface area contributed by atoms with Gasteiger partial charge < -0.3 is 9.53 Å². The first kappa shape index (κ1) is 34.6. The van der Waals surface area contributed by atoms with Gasteiger partial charge in [0.05, 0.1) is 11.2 Å². The second-order valence-corrected chi connectivity index (χ2v) is 18.3. The van der Waals surface area contributed by atoms with Gasteiger partial charge in [0.1, 0.15) is 12.0 Å². The van der Waals surface area contributed by atoms with Crippen molar-refractivity contribution >= 4 is 29.8 Å². The van der Waals surface area contributed by atoms with Crippen LogP contribution in [0.15, 0.2) is 40.1 Å². The van der Waals surface area contributed by atoms with Crippen molar-refractivity contribution in [3.63, 3.8) is 0 Å². The third-order valence-electron chi connectivity index (χ3n) is 6.25. The summed E-state index contributed by atoms with van der Waals surface area (Å²) in [6.07, 6.45) is 0.750. The Bertz CT molecular complexity index is 1020. The van der Waals surface area contributed by atoms with E-state index in [1.165, 1.54) is 39.0 Å². The largest absolute Gasteiger partial charge is 0.496 e. The average molecular weight is 559 g/mol. The average Bonchev–Trinajstić information content (AvgIpc) is 2.70. The van der Waals surface area contributed by atoms with E-state index in [0.29, 0.717) is 0 Å². The lowest BCUT2D eigenvalue weighted by molar-refractivity contribution is -0.106. The SMILES string of the molecule is CC=O.COc1c(C(C)(C)C)cc(SC(C)(C)Sc2cc(C(C)(C)C)cc(C(C)(C)C)c2)cc1C(C)(C)C. The number of hydrogen-bond acceptors (Lipinski definition) is 4. The van der Waals surface area contributed by atoms with Crippen molar-refractivity contribution in [2.24, 2.45) is 0 Å². The molecule has 0 spiro atoms. The number of hydrogen-bond donors (Lipinski definition) is 0. The fraction of sp³-hybridized carbons (Fsp3) is 0.618. The van der Waals surface area contributed by atoms with E-state index in [2.05, 4.69) is 127 Å². The number of rotatable bonds is 5. The summed E-state index contributed by atoms with van der Waals surface area (Å²) in [6, 6.07) is 11.9. The number of carbonyl (C=O) groups excluding carboxylic acids is 1. The van der Waals surface area contributed by atoms with Gasteiger partial charge in [0, 0.05) is 20.9 Å². The van der Waals surface area contributed by atoms with Gasteiger partial charge in [-0.3, -0.25) is 0 Å². The molecule has 2 rings (SSSR count). The third kappa shape index (κ3) is 9.97. The molecule has 0 fully saturated rings. The first-order chi connectivity index (χ1) is 17.0. The van der Waals surface area contributed by atoms with Crippen LogP contribution in [-0.2, 0) is 26.5 Å². The van der Waals surface area contributed by atoms with Gasteiger partial charge in [0.2, 0.25) is 0 Å². The lowest BCUT2D eigenvalue weighted by Gasteiger charge is -2.32. The number of thioether (sulfide) groups is 2. The van der Waals surface area contributed by atoms with E-state index in [9.17, 15) is 0 Å². The molecule has 38 heavy (non-hydrogen) atoms. The summed E-state index contributed by atoms with van der Waals surface area (Å²) in [6.45, 7) is 33.6. The molecular formula is C34H54O2S2. The van der Waals surface area contributed by atoms with Gasteiger partial charge in [-0.25, -0.2) is 0 Å². The Morgan fingerprint density at radius 3 is 1.16 bits per heavy atom. The number of ether oxygens (including phenoxy) is 1.